The number of nitrogens with zero attached hydrogens (tertiary/aromatic N) is 1. The van der Waals surface area contributed by atoms with Crippen LogP contribution in [-0.2, 0) is 9.53 Å². The lowest BCUT2D eigenvalue weighted by molar-refractivity contribution is -0.149. The number of amides is 1. The Hall–Kier alpha value is -0.780. The molecule has 3 unspecified atom stereocenters. The molecule has 1 aliphatic rings. The van der Waals surface area contributed by atoms with Crippen LogP contribution in [-0.4, -0.2) is 47.5 Å². The molecule has 2 rings (SSSR count). The van der Waals surface area contributed by atoms with Crippen molar-refractivity contribution in [3.8, 4) is 5.75 Å². The molecule has 1 heterocycles. The summed E-state index contributed by atoms with van der Waals surface area (Å²) in [6.45, 7) is 4.90. The van der Waals surface area contributed by atoms with Gasteiger partial charge in [0.2, 0.25) is 0 Å². The highest BCUT2D eigenvalue weighted by atomic mass is 79.9. The largest absolute Gasteiger partial charge is 0.481 e. The molecule has 1 amide bonds. The van der Waals surface area contributed by atoms with Crippen LogP contribution in [0.2, 0.25) is 5.02 Å². The fraction of sp³-hybridized carbons (Fsp3) is 0.533. The number of rotatable bonds is 4. The van der Waals surface area contributed by atoms with E-state index in [0.29, 0.717) is 29.2 Å². The number of hydrogen-bond acceptors (Lipinski definition) is 3. The van der Waals surface area contributed by atoms with Crippen LogP contribution in [0.1, 0.15) is 13.8 Å². The van der Waals surface area contributed by atoms with Crippen LogP contribution in [0.4, 0.5) is 0 Å². The van der Waals surface area contributed by atoms with Gasteiger partial charge in [0, 0.05) is 23.4 Å². The molecule has 0 radical (unpaired) electrons. The van der Waals surface area contributed by atoms with E-state index in [1.54, 1.807) is 36.1 Å². The molecule has 1 saturated heterocycles. The molecular weight excluding hydrogens is 358 g/mol. The van der Waals surface area contributed by atoms with Crippen LogP contribution in [0.5, 0.6) is 5.75 Å². The van der Waals surface area contributed by atoms with Gasteiger partial charge in [-0.3, -0.25) is 4.79 Å². The molecule has 3 atom stereocenters. The van der Waals surface area contributed by atoms with Crippen molar-refractivity contribution in [2.75, 3.05) is 18.4 Å². The first kappa shape index (κ1) is 16.6. The highest BCUT2D eigenvalue weighted by Gasteiger charge is 2.30. The number of carbonyl (C=O) groups is 1. The fourth-order valence-corrected chi connectivity index (χ4v) is 2.90. The van der Waals surface area contributed by atoms with E-state index in [0.717, 1.165) is 0 Å². The van der Waals surface area contributed by atoms with E-state index in [1.807, 2.05) is 6.92 Å². The lowest BCUT2D eigenvalue weighted by Crippen LogP contribution is -2.52. The summed E-state index contributed by atoms with van der Waals surface area (Å²) in [6, 6.07) is 7.06. The van der Waals surface area contributed by atoms with Crippen molar-refractivity contribution in [2.45, 2.75) is 32.2 Å². The third-order valence-electron chi connectivity index (χ3n) is 3.27. The smallest absolute Gasteiger partial charge is 0.263 e. The van der Waals surface area contributed by atoms with Gasteiger partial charge in [-0.15, -0.1) is 0 Å². The minimum absolute atomic E-state index is 0.0241. The highest BCUT2D eigenvalue weighted by Crippen LogP contribution is 2.20. The van der Waals surface area contributed by atoms with Crippen molar-refractivity contribution in [1.82, 2.24) is 4.90 Å². The highest BCUT2D eigenvalue weighted by molar-refractivity contribution is 9.09. The molecule has 0 saturated carbocycles. The summed E-state index contributed by atoms with van der Waals surface area (Å²) in [6.07, 6.45) is -0.496. The predicted molar refractivity (Wildman–Crippen MR) is 86.3 cm³/mol. The van der Waals surface area contributed by atoms with Gasteiger partial charge < -0.3 is 14.4 Å². The zero-order chi connectivity index (χ0) is 15.4. The van der Waals surface area contributed by atoms with Gasteiger partial charge in [0.1, 0.15) is 5.75 Å². The Morgan fingerprint density at radius 3 is 3.00 bits per heavy atom. The third-order valence-corrected chi connectivity index (χ3v) is 4.22. The Kier molecular flexibility index (Phi) is 5.90. The molecule has 1 aromatic rings. The molecule has 0 bridgehead atoms. The van der Waals surface area contributed by atoms with E-state index in [4.69, 9.17) is 21.1 Å². The van der Waals surface area contributed by atoms with Crippen LogP contribution in [0.15, 0.2) is 24.3 Å². The second kappa shape index (κ2) is 7.47. The van der Waals surface area contributed by atoms with Gasteiger partial charge >= 0.3 is 0 Å². The Labute approximate surface area is 138 Å². The average molecular weight is 377 g/mol. The summed E-state index contributed by atoms with van der Waals surface area (Å²) in [5.74, 6) is 0.567. The molecule has 21 heavy (non-hydrogen) atoms. The number of alkyl halides is 1. The standard InChI is InChI=1S/C15H19BrClNO3/c1-10-8-18(9-14(7-16)20-10)15(19)11(2)21-13-5-3-4-12(17)6-13/h3-6,10-11,14H,7-9H2,1-2H3. The first-order chi connectivity index (χ1) is 9.99. The average Bonchev–Trinajstić information content (AvgIpc) is 2.45. The minimum atomic E-state index is -0.551. The number of benzene rings is 1. The van der Waals surface area contributed by atoms with Gasteiger partial charge in [0.05, 0.1) is 12.2 Å². The quantitative estimate of drug-likeness (QED) is 0.758. The summed E-state index contributed by atoms with van der Waals surface area (Å²) in [5, 5.41) is 1.30. The monoisotopic (exact) mass is 375 g/mol. The van der Waals surface area contributed by atoms with Gasteiger partial charge in [-0.2, -0.15) is 0 Å². The molecule has 0 spiro atoms. The Morgan fingerprint density at radius 1 is 1.57 bits per heavy atom. The first-order valence-corrected chi connectivity index (χ1v) is 8.42. The van der Waals surface area contributed by atoms with Crippen molar-refractivity contribution in [1.29, 1.82) is 0 Å². The van der Waals surface area contributed by atoms with Crippen molar-refractivity contribution in [2.24, 2.45) is 0 Å². The Bertz CT molecular complexity index is 500. The van der Waals surface area contributed by atoms with Gasteiger partial charge in [-0.05, 0) is 32.0 Å². The minimum Gasteiger partial charge on any atom is -0.481 e. The predicted octanol–water partition coefficient (Wildman–Crippen LogP) is 3.12. The Balaban J connectivity index is 1.98. The number of carbonyl (C=O) groups excluding carboxylic acids is 1. The van der Waals surface area contributed by atoms with Gasteiger partial charge in [-0.25, -0.2) is 0 Å². The second-order valence-electron chi connectivity index (χ2n) is 5.18. The zero-order valence-corrected chi connectivity index (χ0v) is 14.4. The summed E-state index contributed by atoms with van der Waals surface area (Å²) >= 11 is 9.32. The zero-order valence-electron chi connectivity index (χ0n) is 12.1. The third kappa shape index (κ3) is 4.59. The molecule has 1 fully saturated rings. The lowest BCUT2D eigenvalue weighted by Gasteiger charge is -2.37. The van der Waals surface area contributed by atoms with Crippen LogP contribution < -0.4 is 4.74 Å². The number of halogens is 2. The normalized spacial score (nSPS) is 23.7. The molecule has 4 nitrogen and oxygen atoms in total. The van der Waals surface area contributed by atoms with Gasteiger partial charge in [0.25, 0.3) is 5.91 Å². The molecule has 6 heteroatoms. The van der Waals surface area contributed by atoms with Crippen LogP contribution in [0.3, 0.4) is 0 Å². The second-order valence-corrected chi connectivity index (χ2v) is 6.27. The lowest BCUT2D eigenvalue weighted by atomic mass is 10.2. The molecular formula is C15H19BrClNO3. The molecule has 0 N–H and O–H groups in total. The maximum absolute atomic E-state index is 12.5. The van der Waals surface area contributed by atoms with Crippen LogP contribution in [0.25, 0.3) is 0 Å². The SMILES string of the molecule is CC1CN(C(=O)C(C)Oc2cccc(Cl)c2)CC(CBr)O1. The van der Waals surface area contributed by atoms with E-state index in [2.05, 4.69) is 15.9 Å². The summed E-state index contributed by atoms with van der Waals surface area (Å²) in [7, 11) is 0. The van der Waals surface area contributed by atoms with Gasteiger partial charge in [-0.1, -0.05) is 33.6 Å². The summed E-state index contributed by atoms with van der Waals surface area (Å²) in [4.78, 5) is 14.3. The van der Waals surface area contributed by atoms with Crippen molar-refractivity contribution >= 4 is 33.4 Å². The van der Waals surface area contributed by atoms with Crippen molar-refractivity contribution in [3.05, 3.63) is 29.3 Å². The van der Waals surface area contributed by atoms with E-state index >= 15 is 0 Å². The molecule has 0 aliphatic carbocycles. The van der Waals surface area contributed by atoms with E-state index < -0.39 is 6.10 Å². The van der Waals surface area contributed by atoms with Gasteiger partial charge in [0.15, 0.2) is 6.10 Å². The summed E-state index contributed by atoms with van der Waals surface area (Å²) in [5.41, 5.74) is 0. The molecule has 1 aromatic carbocycles. The van der Waals surface area contributed by atoms with Crippen molar-refractivity contribution < 1.29 is 14.3 Å². The number of ether oxygens (including phenoxy) is 2. The van der Waals surface area contributed by atoms with Crippen LogP contribution in [0, 0.1) is 0 Å². The van der Waals surface area contributed by atoms with E-state index in [1.165, 1.54) is 0 Å². The maximum Gasteiger partial charge on any atom is 0.263 e. The topological polar surface area (TPSA) is 38.8 Å². The van der Waals surface area contributed by atoms with Crippen molar-refractivity contribution in [3.63, 3.8) is 0 Å². The van der Waals surface area contributed by atoms with E-state index in [-0.39, 0.29) is 18.1 Å². The molecule has 116 valence electrons. The molecule has 1 aliphatic heterocycles. The Morgan fingerprint density at radius 2 is 2.33 bits per heavy atom. The maximum atomic E-state index is 12.5. The number of morpholine rings is 1. The van der Waals surface area contributed by atoms with Crippen LogP contribution >= 0.6 is 27.5 Å². The number of hydrogen-bond donors (Lipinski definition) is 0. The fourth-order valence-electron chi connectivity index (χ4n) is 2.36. The summed E-state index contributed by atoms with van der Waals surface area (Å²) < 4.78 is 11.4. The molecule has 0 aromatic heterocycles. The van der Waals surface area contributed by atoms with E-state index in [9.17, 15) is 4.79 Å². The first-order valence-electron chi connectivity index (χ1n) is 6.92.